The molecule has 0 bridgehead atoms. The van der Waals surface area contributed by atoms with Gasteiger partial charge in [0.05, 0.1) is 0 Å². The molecule has 0 aromatic heterocycles. The van der Waals surface area contributed by atoms with Crippen LogP contribution in [0.4, 0.5) is 0 Å². The molecule has 0 saturated heterocycles. The highest BCUT2D eigenvalue weighted by Gasteiger charge is 2.27. The van der Waals surface area contributed by atoms with Crippen LogP contribution in [0.15, 0.2) is 0 Å². The summed E-state index contributed by atoms with van der Waals surface area (Å²) >= 11 is 0. The molecule has 1 amide bonds. The predicted molar refractivity (Wildman–Crippen MR) is 70.7 cm³/mol. The van der Waals surface area contributed by atoms with Gasteiger partial charge in [-0.3, -0.25) is 4.79 Å². The molecule has 2 fully saturated rings. The quantitative estimate of drug-likeness (QED) is 0.799. The monoisotopic (exact) mass is 237 g/mol. The van der Waals surface area contributed by atoms with Crippen LogP contribution in [-0.4, -0.2) is 13.0 Å². The van der Waals surface area contributed by atoms with Crippen LogP contribution in [0.1, 0.15) is 64.2 Å². The van der Waals surface area contributed by atoms with E-state index in [1.165, 1.54) is 51.4 Å². The molecule has 0 aromatic rings. The van der Waals surface area contributed by atoms with Crippen molar-refractivity contribution >= 4 is 5.91 Å². The smallest absolute Gasteiger partial charge is 0.222 e. The number of carbonyl (C=O) groups is 1. The maximum Gasteiger partial charge on any atom is 0.222 e. The Balaban J connectivity index is 1.69. The van der Waals surface area contributed by atoms with E-state index in [2.05, 4.69) is 5.32 Å². The fourth-order valence-corrected chi connectivity index (χ4v) is 3.76. The molecule has 2 aliphatic carbocycles. The predicted octanol–water partition coefficient (Wildman–Crippen LogP) is 3.51. The van der Waals surface area contributed by atoms with E-state index in [0.29, 0.717) is 5.92 Å². The molecule has 0 heterocycles. The SMILES string of the molecule is CNC(=O)C1CCC(CC2CCCCC2)CC1. The van der Waals surface area contributed by atoms with E-state index in [-0.39, 0.29) is 5.91 Å². The fraction of sp³-hybridized carbons (Fsp3) is 0.933. The molecule has 0 atom stereocenters. The van der Waals surface area contributed by atoms with Gasteiger partial charge in [0, 0.05) is 13.0 Å². The molecule has 2 heteroatoms. The molecule has 0 radical (unpaired) electrons. The Morgan fingerprint density at radius 1 is 0.941 bits per heavy atom. The summed E-state index contributed by atoms with van der Waals surface area (Å²) in [6.45, 7) is 0. The van der Waals surface area contributed by atoms with E-state index in [1.54, 1.807) is 7.05 Å². The van der Waals surface area contributed by atoms with Gasteiger partial charge in [-0.05, 0) is 43.9 Å². The van der Waals surface area contributed by atoms with Crippen LogP contribution >= 0.6 is 0 Å². The first-order chi connectivity index (χ1) is 8.29. The van der Waals surface area contributed by atoms with Crippen LogP contribution in [-0.2, 0) is 4.79 Å². The molecule has 1 N–H and O–H groups in total. The summed E-state index contributed by atoms with van der Waals surface area (Å²) < 4.78 is 0. The average molecular weight is 237 g/mol. The standard InChI is InChI=1S/C15H27NO/c1-16-15(17)14-9-7-13(8-10-14)11-12-5-3-2-4-6-12/h12-14H,2-11H2,1H3,(H,16,17). The van der Waals surface area contributed by atoms with Crippen LogP contribution in [0.2, 0.25) is 0 Å². The highest BCUT2D eigenvalue weighted by Crippen LogP contribution is 2.36. The lowest BCUT2D eigenvalue weighted by Crippen LogP contribution is -2.31. The van der Waals surface area contributed by atoms with E-state index < -0.39 is 0 Å². The van der Waals surface area contributed by atoms with Crippen molar-refractivity contribution in [2.24, 2.45) is 17.8 Å². The summed E-state index contributed by atoms with van der Waals surface area (Å²) in [7, 11) is 1.76. The fourth-order valence-electron chi connectivity index (χ4n) is 3.76. The van der Waals surface area contributed by atoms with E-state index in [0.717, 1.165) is 24.7 Å². The van der Waals surface area contributed by atoms with Crippen molar-refractivity contribution in [3.05, 3.63) is 0 Å². The highest BCUT2D eigenvalue weighted by atomic mass is 16.1. The molecule has 0 spiro atoms. The molecular weight excluding hydrogens is 210 g/mol. The molecule has 2 nitrogen and oxygen atoms in total. The van der Waals surface area contributed by atoms with Gasteiger partial charge in [-0.25, -0.2) is 0 Å². The Bertz CT molecular complexity index is 237. The first kappa shape index (κ1) is 12.9. The summed E-state index contributed by atoms with van der Waals surface area (Å²) in [5.74, 6) is 2.49. The second-order valence-corrected chi connectivity index (χ2v) is 6.07. The summed E-state index contributed by atoms with van der Waals surface area (Å²) in [4.78, 5) is 11.6. The van der Waals surface area contributed by atoms with Crippen molar-refractivity contribution in [1.29, 1.82) is 0 Å². The molecule has 98 valence electrons. The summed E-state index contributed by atoms with van der Waals surface area (Å²) in [5, 5.41) is 2.79. The number of rotatable bonds is 3. The van der Waals surface area contributed by atoms with Crippen LogP contribution in [0, 0.1) is 17.8 Å². The third-order valence-corrected chi connectivity index (χ3v) is 4.86. The summed E-state index contributed by atoms with van der Waals surface area (Å²) in [6, 6.07) is 0. The van der Waals surface area contributed by atoms with Gasteiger partial charge in [0.15, 0.2) is 0 Å². The van der Waals surface area contributed by atoms with Gasteiger partial charge in [-0.1, -0.05) is 32.1 Å². The lowest BCUT2D eigenvalue weighted by Gasteiger charge is -2.31. The van der Waals surface area contributed by atoms with Gasteiger partial charge in [0.1, 0.15) is 0 Å². The third-order valence-electron chi connectivity index (χ3n) is 4.86. The normalized spacial score (nSPS) is 31.1. The van der Waals surface area contributed by atoms with Gasteiger partial charge >= 0.3 is 0 Å². The van der Waals surface area contributed by atoms with Crippen molar-refractivity contribution in [1.82, 2.24) is 5.32 Å². The molecular formula is C15H27NO. The van der Waals surface area contributed by atoms with Crippen molar-refractivity contribution in [3.63, 3.8) is 0 Å². The number of carbonyl (C=O) groups excluding carboxylic acids is 1. The highest BCUT2D eigenvalue weighted by molar-refractivity contribution is 5.78. The van der Waals surface area contributed by atoms with Crippen LogP contribution < -0.4 is 5.32 Å². The Morgan fingerprint density at radius 3 is 2.12 bits per heavy atom. The van der Waals surface area contributed by atoms with Gasteiger partial charge in [0.25, 0.3) is 0 Å². The van der Waals surface area contributed by atoms with E-state index in [1.807, 2.05) is 0 Å². The van der Waals surface area contributed by atoms with Crippen LogP contribution in [0.5, 0.6) is 0 Å². The average Bonchev–Trinajstić information content (AvgIpc) is 2.40. The Labute approximate surface area is 106 Å². The Morgan fingerprint density at radius 2 is 1.53 bits per heavy atom. The maximum absolute atomic E-state index is 11.6. The van der Waals surface area contributed by atoms with Gasteiger partial charge in [-0.15, -0.1) is 0 Å². The van der Waals surface area contributed by atoms with E-state index >= 15 is 0 Å². The van der Waals surface area contributed by atoms with Crippen molar-refractivity contribution in [2.45, 2.75) is 64.2 Å². The zero-order valence-electron chi connectivity index (χ0n) is 11.2. The molecule has 0 aromatic carbocycles. The lowest BCUT2D eigenvalue weighted by molar-refractivity contribution is -0.125. The first-order valence-corrected chi connectivity index (χ1v) is 7.51. The molecule has 2 aliphatic rings. The minimum Gasteiger partial charge on any atom is -0.359 e. The maximum atomic E-state index is 11.6. The minimum absolute atomic E-state index is 0.265. The van der Waals surface area contributed by atoms with Crippen molar-refractivity contribution in [3.8, 4) is 0 Å². The second-order valence-electron chi connectivity index (χ2n) is 6.07. The Kier molecular flexibility index (Phi) is 4.87. The molecule has 2 saturated carbocycles. The van der Waals surface area contributed by atoms with E-state index in [4.69, 9.17) is 0 Å². The van der Waals surface area contributed by atoms with Gasteiger partial charge in [0.2, 0.25) is 5.91 Å². The topological polar surface area (TPSA) is 29.1 Å². The van der Waals surface area contributed by atoms with Crippen molar-refractivity contribution < 1.29 is 4.79 Å². The van der Waals surface area contributed by atoms with Gasteiger partial charge < -0.3 is 5.32 Å². The number of nitrogens with one attached hydrogen (secondary N) is 1. The molecule has 0 aliphatic heterocycles. The number of amides is 1. The zero-order chi connectivity index (χ0) is 12.1. The number of hydrogen-bond donors (Lipinski definition) is 1. The minimum atomic E-state index is 0.265. The lowest BCUT2D eigenvalue weighted by atomic mass is 9.75. The zero-order valence-corrected chi connectivity index (χ0v) is 11.2. The van der Waals surface area contributed by atoms with Gasteiger partial charge in [-0.2, -0.15) is 0 Å². The van der Waals surface area contributed by atoms with E-state index in [9.17, 15) is 4.79 Å². The second kappa shape index (κ2) is 6.42. The largest absolute Gasteiger partial charge is 0.359 e. The van der Waals surface area contributed by atoms with Crippen LogP contribution in [0.3, 0.4) is 0 Å². The molecule has 2 rings (SSSR count). The first-order valence-electron chi connectivity index (χ1n) is 7.51. The van der Waals surface area contributed by atoms with Crippen LogP contribution in [0.25, 0.3) is 0 Å². The summed E-state index contributed by atoms with van der Waals surface area (Å²) in [5.41, 5.74) is 0. The van der Waals surface area contributed by atoms with Crippen molar-refractivity contribution in [2.75, 3.05) is 7.05 Å². The summed E-state index contributed by atoms with van der Waals surface area (Å²) in [6.07, 6.45) is 13.6. The number of hydrogen-bond acceptors (Lipinski definition) is 1. The Hall–Kier alpha value is -0.530. The molecule has 17 heavy (non-hydrogen) atoms. The third kappa shape index (κ3) is 3.72. The molecule has 0 unspecified atom stereocenters.